The number of piperidine rings is 1. The molecule has 1 N–H and O–H groups in total. The Morgan fingerprint density at radius 2 is 2.00 bits per heavy atom. The molecule has 0 saturated carbocycles. The number of benzene rings is 1. The molecule has 1 saturated heterocycles. The molecule has 0 bridgehead atoms. The number of para-hydroxylation sites is 1. The van der Waals surface area contributed by atoms with Crippen molar-refractivity contribution in [2.45, 2.75) is 38.8 Å². The Morgan fingerprint density at radius 3 is 2.70 bits per heavy atom. The Balaban J connectivity index is 1.67. The Hall–Kier alpha value is -2.74. The van der Waals surface area contributed by atoms with E-state index in [4.69, 9.17) is 5.10 Å². The topological polar surface area (TPSA) is 82.6 Å². The lowest BCUT2D eigenvalue weighted by molar-refractivity contribution is 0.362. The monoisotopic (exact) mass is 367 g/mol. The molecule has 0 radical (unpaired) electrons. The molecule has 1 atom stereocenters. The maximum absolute atomic E-state index is 13.1. The van der Waals surface area contributed by atoms with Crippen LogP contribution in [-0.4, -0.2) is 42.2 Å². The molecule has 1 aromatic carbocycles. The lowest BCUT2D eigenvalue weighted by atomic mass is 9.94. The van der Waals surface area contributed by atoms with Gasteiger partial charge in [0.1, 0.15) is 18.5 Å². The van der Waals surface area contributed by atoms with E-state index in [0.29, 0.717) is 12.5 Å². The zero-order chi connectivity index (χ0) is 18.6. The van der Waals surface area contributed by atoms with E-state index in [1.165, 1.54) is 6.33 Å². The van der Waals surface area contributed by atoms with Gasteiger partial charge in [0.15, 0.2) is 0 Å². The third kappa shape index (κ3) is 3.85. The average molecular weight is 367 g/mol. The van der Waals surface area contributed by atoms with E-state index in [-0.39, 0.29) is 11.7 Å². The van der Waals surface area contributed by atoms with E-state index < -0.39 is 0 Å². The first-order chi connectivity index (χ1) is 13.2. The molecule has 1 aliphatic rings. The van der Waals surface area contributed by atoms with Gasteiger partial charge in [-0.25, -0.2) is 23.7 Å². The van der Waals surface area contributed by atoms with Gasteiger partial charge >= 0.3 is 5.69 Å². The van der Waals surface area contributed by atoms with Gasteiger partial charge in [0, 0.05) is 6.42 Å². The zero-order valence-electron chi connectivity index (χ0n) is 15.5. The van der Waals surface area contributed by atoms with Crippen molar-refractivity contribution < 1.29 is 0 Å². The van der Waals surface area contributed by atoms with E-state index in [1.54, 1.807) is 20.3 Å². The molecule has 1 fully saturated rings. The van der Waals surface area contributed by atoms with Crippen molar-refractivity contribution in [1.29, 1.82) is 0 Å². The Kier molecular flexibility index (Phi) is 5.15. The molecule has 1 aliphatic heterocycles. The summed E-state index contributed by atoms with van der Waals surface area (Å²) < 4.78 is 5.08. The average Bonchev–Trinajstić information content (AvgIpc) is 3.33. The summed E-state index contributed by atoms with van der Waals surface area (Å²) in [6, 6.07) is 9.77. The Bertz CT molecular complexity index is 907. The molecule has 4 rings (SSSR count). The summed E-state index contributed by atoms with van der Waals surface area (Å²) in [6.45, 7) is 4.53. The summed E-state index contributed by atoms with van der Waals surface area (Å²) in [6.07, 6.45) is 6.22. The van der Waals surface area contributed by atoms with Gasteiger partial charge in [-0.2, -0.15) is 10.2 Å². The summed E-state index contributed by atoms with van der Waals surface area (Å²) in [7, 11) is 0. The quantitative estimate of drug-likeness (QED) is 0.713. The first-order valence-corrected chi connectivity index (χ1v) is 9.51. The molecule has 0 aliphatic carbocycles. The fourth-order valence-electron chi connectivity index (χ4n) is 3.66. The lowest BCUT2D eigenvalue weighted by Gasteiger charge is -2.22. The third-order valence-electron chi connectivity index (χ3n) is 5.18. The molecule has 0 spiro atoms. The predicted octanol–water partition coefficient (Wildman–Crippen LogP) is 1.43. The summed E-state index contributed by atoms with van der Waals surface area (Å²) in [5, 5.41) is 12.3. The van der Waals surface area contributed by atoms with E-state index >= 15 is 0 Å². The van der Waals surface area contributed by atoms with Crippen molar-refractivity contribution in [3.05, 3.63) is 59.3 Å². The van der Waals surface area contributed by atoms with Crippen LogP contribution < -0.4 is 11.0 Å². The van der Waals surface area contributed by atoms with Crippen molar-refractivity contribution in [2.75, 3.05) is 13.1 Å². The molecule has 3 aromatic rings. The summed E-state index contributed by atoms with van der Waals surface area (Å²) in [4.78, 5) is 17.1. The van der Waals surface area contributed by atoms with Crippen LogP contribution in [0.3, 0.4) is 0 Å². The smallest absolute Gasteiger partial charge is 0.317 e. The van der Waals surface area contributed by atoms with Gasteiger partial charge in [0.2, 0.25) is 0 Å². The summed E-state index contributed by atoms with van der Waals surface area (Å²) >= 11 is 0. The van der Waals surface area contributed by atoms with Crippen molar-refractivity contribution in [3.8, 4) is 5.69 Å². The minimum atomic E-state index is -0.0999. The molecule has 0 amide bonds. The SMILES string of the molecule is CC(Cn1nc(CC2CCNCC2)n(-c2ccccc2)c1=O)n1cncn1. The fourth-order valence-corrected chi connectivity index (χ4v) is 3.66. The number of nitrogens with one attached hydrogen (secondary N) is 1. The fraction of sp³-hybridized carbons (Fsp3) is 0.474. The first kappa shape index (κ1) is 17.7. The highest BCUT2D eigenvalue weighted by Gasteiger charge is 2.21. The second kappa shape index (κ2) is 7.87. The number of rotatable bonds is 6. The minimum absolute atomic E-state index is 0.00365. The van der Waals surface area contributed by atoms with E-state index in [1.807, 2.05) is 37.3 Å². The highest BCUT2D eigenvalue weighted by Crippen LogP contribution is 2.18. The molecule has 27 heavy (non-hydrogen) atoms. The molecule has 8 nitrogen and oxygen atoms in total. The van der Waals surface area contributed by atoms with Crippen molar-refractivity contribution in [3.63, 3.8) is 0 Å². The summed E-state index contributed by atoms with van der Waals surface area (Å²) in [5.74, 6) is 1.39. The molecule has 3 heterocycles. The molecule has 142 valence electrons. The van der Waals surface area contributed by atoms with Gasteiger partial charge in [-0.05, 0) is 50.9 Å². The van der Waals surface area contributed by atoms with Crippen LogP contribution in [0.4, 0.5) is 0 Å². The summed E-state index contributed by atoms with van der Waals surface area (Å²) in [5.41, 5.74) is 0.767. The van der Waals surface area contributed by atoms with Crippen LogP contribution in [0.15, 0.2) is 47.8 Å². The van der Waals surface area contributed by atoms with Crippen LogP contribution in [0, 0.1) is 5.92 Å². The highest BCUT2D eigenvalue weighted by atomic mass is 16.2. The van der Waals surface area contributed by atoms with Crippen LogP contribution in [0.5, 0.6) is 0 Å². The minimum Gasteiger partial charge on any atom is -0.317 e. The highest BCUT2D eigenvalue weighted by molar-refractivity contribution is 5.32. The van der Waals surface area contributed by atoms with Crippen LogP contribution >= 0.6 is 0 Å². The van der Waals surface area contributed by atoms with Crippen molar-refractivity contribution in [1.82, 2.24) is 34.4 Å². The van der Waals surface area contributed by atoms with Crippen LogP contribution in [-0.2, 0) is 13.0 Å². The first-order valence-electron chi connectivity index (χ1n) is 9.51. The second-order valence-corrected chi connectivity index (χ2v) is 7.17. The molecular weight excluding hydrogens is 342 g/mol. The lowest BCUT2D eigenvalue weighted by Crippen LogP contribution is -2.30. The van der Waals surface area contributed by atoms with E-state index in [9.17, 15) is 4.79 Å². The Morgan fingerprint density at radius 1 is 1.22 bits per heavy atom. The van der Waals surface area contributed by atoms with Gasteiger partial charge in [-0.1, -0.05) is 18.2 Å². The van der Waals surface area contributed by atoms with E-state index in [2.05, 4.69) is 15.4 Å². The van der Waals surface area contributed by atoms with Gasteiger partial charge < -0.3 is 5.32 Å². The molecule has 8 heteroatoms. The van der Waals surface area contributed by atoms with Gasteiger partial charge in [0.25, 0.3) is 0 Å². The largest absolute Gasteiger partial charge is 0.350 e. The number of nitrogens with zero attached hydrogens (tertiary/aromatic N) is 6. The predicted molar refractivity (Wildman–Crippen MR) is 102 cm³/mol. The van der Waals surface area contributed by atoms with Crippen molar-refractivity contribution >= 4 is 0 Å². The maximum Gasteiger partial charge on any atom is 0.350 e. The zero-order valence-corrected chi connectivity index (χ0v) is 15.5. The van der Waals surface area contributed by atoms with Crippen molar-refractivity contribution in [2.24, 2.45) is 5.92 Å². The second-order valence-electron chi connectivity index (χ2n) is 7.17. The molecule has 1 unspecified atom stereocenters. The molecule has 2 aromatic heterocycles. The van der Waals surface area contributed by atoms with Gasteiger partial charge in [-0.3, -0.25) is 0 Å². The van der Waals surface area contributed by atoms with E-state index in [0.717, 1.165) is 43.9 Å². The normalized spacial score (nSPS) is 16.5. The number of hydrogen-bond acceptors (Lipinski definition) is 5. The maximum atomic E-state index is 13.1. The Labute approximate surface area is 157 Å². The van der Waals surface area contributed by atoms with Crippen LogP contribution in [0.2, 0.25) is 0 Å². The third-order valence-corrected chi connectivity index (χ3v) is 5.18. The number of hydrogen-bond donors (Lipinski definition) is 1. The van der Waals surface area contributed by atoms with Crippen LogP contribution in [0.25, 0.3) is 5.69 Å². The molecular formula is C19H25N7O. The van der Waals surface area contributed by atoms with Crippen LogP contribution in [0.1, 0.15) is 31.6 Å². The van der Waals surface area contributed by atoms with Gasteiger partial charge in [-0.15, -0.1) is 0 Å². The van der Waals surface area contributed by atoms with Gasteiger partial charge in [0.05, 0.1) is 18.3 Å². The standard InChI is InChI=1S/C19H25N7O/c1-15(25-14-21-13-22-25)12-24-19(27)26(17-5-3-2-4-6-17)18(23-24)11-16-7-9-20-10-8-16/h2-6,13-16,20H,7-12H2,1H3. The number of aromatic nitrogens is 6.